The van der Waals surface area contributed by atoms with Crippen molar-refractivity contribution in [2.75, 3.05) is 6.54 Å². The van der Waals surface area contributed by atoms with Crippen LogP contribution in [0.3, 0.4) is 0 Å². The van der Waals surface area contributed by atoms with E-state index in [1.54, 1.807) is 5.70 Å². The van der Waals surface area contributed by atoms with Crippen LogP contribution in [0.4, 0.5) is 0 Å². The van der Waals surface area contributed by atoms with Gasteiger partial charge in [0.05, 0.1) is 0 Å². The molecule has 3 unspecified atom stereocenters. The quantitative estimate of drug-likeness (QED) is 0.632. The lowest BCUT2D eigenvalue weighted by Crippen LogP contribution is -2.34. The summed E-state index contributed by atoms with van der Waals surface area (Å²) in [5, 5.41) is 0. The van der Waals surface area contributed by atoms with E-state index in [1.807, 2.05) is 0 Å². The van der Waals surface area contributed by atoms with Gasteiger partial charge in [0.25, 0.3) is 0 Å². The van der Waals surface area contributed by atoms with E-state index in [4.69, 9.17) is 0 Å². The van der Waals surface area contributed by atoms with Gasteiger partial charge >= 0.3 is 0 Å². The molecule has 0 spiro atoms. The van der Waals surface area contributed by atoms with Gasteiger partial charge in [0.1, 0.15) is 0 Å². The Kier molecular flexibility index (Phi) is 2.34. The summed E-state index contributed by atoms with van der Waals surface area (Å²) >= 11 is 0. The highest BCUT2D eigenvalue weighted by atomic mass is 15.2. The van der Waals surface area contributed by atoms with Crippen LogP contribution in [0.2, 0.25) is 0 Å². The Balaban J connectivity index is 1.93. The molecule has 0 radical (unpaired) electrons. The van der Waals surface area contributed by atoms with Crippen LogP contribution < -0.4 is 0 Å². The molecule has 1 saturated heterocycles. The molecule has 15 heavy (non-hydrogen) atoms. The summed E-state index contributed by atoms with van der Waals surface area (Å²) in [5.74, 6) is 1.83. The lowest BCUT2D eigenvalue weighted by atomic mass is 9.77. The summed E-state index contributed by atoms with van der Waals surface area (Å²) in [6.45, 7) is 3.52. The zero-order valence-corrected chi connectivity index (χ0v) is 9.65. The van der Waals surface area contributed by atoms with Crippen molar-refractivity contribution in [2.45, 2.75) is 45.1 Å². The summed E-state index contributed by atoms with van der Waals surface area (Å²) in [7, 11) is 0. The van der Waals surface area contributed by atoms with E-state index in [1.165, 1.54) is 38.6 Å². The van der Waals surface area contributed by atoms with E-state index in [0.717, 1.165) is 17.9 Å². The summed E-state index contributed by atoms with van der Waals surface area (Å²) in [4.78, 5) is 2.69. The standard InChI is InChI=1S/C14H21N/c1-2-15-13-9-5-3-7-11(13)12-8-4-6-10-14(12)15/h3,5,9,11-12,14H,2,4,6-8,10H2,1H3. The highest BCUT2D eigenvalue weighted by molar-refractivity contribution is 5.26. The van der Waals surface area contributed by atoms with Crippen LogP contribution in [0.25, 0.3) is 0 Å². The largest absolute Gasteiger partial charge is 0.372 e. The molecule has 1 heterocycles. The second-order valence-corrected chi connectivity index (χ2v) is 5.16. The minimum absolute atomic E-state index is 0.861. The maximum atomic E-state index is 2.69. The zero-order chi connectivity index (χ0) is 10.3. The third kappa shape index (κ3) is 1.36. The lowest BCUT2D eigenvalue weighted by molar-refractivity contribution is 0.195. The molecule has 3 aliphatic rings. The fraction of sp³-hybridized carbons (Fsp3) is 0.714. The fourth-order valence-corrected chi connectivity index (χ4v) is 3.94. The first-order valence-corrected chi connectivity index (χ1v) is 6.55. The van der Waals surface area contributed by atoms with Crippen LogP contribution in [0, 0.1) is 11.8 Å². The van der Waals surface area contributed by atoms with Gasteiger partial charge in [0, 0.05) is 24.2 Å². The van der Waals surface area contributed by atoms with Gasteiger partial charge in [-0.25, -0.2) is 0 Å². The van der Waals surface area contributed by atoms with Crippen LogP contribution in [-0.2, 0) is 0 Å². The van der Waals surface area contributed by atoms with E-state index in [9.17, 15) is 0 Å². The lowest BCUT2D eigenvalue weighted by Gasteiger charge is -2.32. The molecule has 0 N–H and O–H groups in total. The monoisotopic (exact) mass is 203 g/mol. The van der Waals surface area contributed by atoms with Gasteiger partial charge in [-0.2, -0.15) is 0 Å². The third-order valence-electron chi connectivity index (χ3n) is 4.54. The molecular weight excluding hydrogens is 182 g/mol. The molecule has 3 atom stereocenters. The predicted molar refractivity (Wildman–Crippen MR) is 63.5 cm³/mol. The highest BCUT2D eigenvalue weighted by Crippen LogP contribution is 2.48. The van der Waals surface area contributed by atoms with E-state index in [0.29, 0.717) is 0 Å². The molecule has 82 valence electrons. The van der Waals surface area contributed by atoms with Gasteiger partial charge in [-0.15, -0.1) is 0 Å². The average molecular weight is 203 g/mol. The Bertz CT molecular complexity index is 296. The van der Waals surface area contributed by atoms with Gasteiger partial charge in [-0.1, -0.05) is 25.0 Å². The molecular formula is C14H21N. The molecule has 1 aliphatic heterocycles. The average Bonchev–Trinajstić information content (AvgIpc) is 2.63. The molecule has 2 fully saturated rings. The first-order valence-electron chi connectivity index (χ1n) is 6.55. The van der Waals surface area contributed by atoms with Gasteiger partial charge in [0.2, 0.25) is 0 Å². The summed E-state index contributed by atoms with van der Waals surface area (Å²) in [6, 6.07) is 0.875. The minimum atomic E-state index is 0.861. The second-order valence-electron chi connectivity index (χ2n) is 5.16. The SMILES string of the molecule is CCN1C2=CC=CCC2C2CCCCC21. The van der Waals surface area contributed by atoms with Crippen molar-refractivity contribution in [3.05, 3.63) is 23.9 Å². The maximum absolute atomic E-state index is 2.69. The number of rotatable bonds is 1. The van der Waals surface area contributed by atoms with Crippen molar-refractivity contribution < 1.29 is 0 Å². The molecule has 1 saturated carbocycles. The van der Waals surface area contributed by atoms with Gasteiger partial charge < -0.3 is 4.90 Å². The van der Waals surface area contributed by atoms with Gasteiger partial charge in [0.15, 0.2) is 0 Å². The number of hydrogen-bond donors (Lipinski definition) is 0. The predicted octanol–water partition coefficient (Wildman–Crippen LogP) is 3.34. The van der Waals surface area contributed by atoms with Crippen LogP contribution in [0.1, 0.15) is 39.0 Å². The molecule has 1 nitrogen and oxygen atoms in total. The Morgan fingerprint density at radius 3 is 3.07 bits per heavy atom. The molecule has 0 aromatic heterocycles. The zero-order valence-electron chi connectivity index (χ0n) is 9.65. The third-order valence-corrected chi connectivity index (χ3v) is 4.54. The van der Waals surface area contributed by atoms with Crippen molar-refractivity contribution in [2.24, 2.45) is 11.8 Å². The molecule has 2 aliphatic carbocycles. The molecule has 1 heteroatoms. The summed E-state index contributed by atoms with van der Waals surface area (Å²) in [6.07, 6.45) is 14.1. The number of likely N-dealkylation sites (tertiary alicyclic amines) is 1. The first-order chi connectivity index (χ1) is 7.42. The second kappa shape index (κ2) is 3.70. The van der Waals surface area contributed by atoms with E-state index in [-0.39, 0.29) is 0 Å². The maximum Gasteiger partial charge on any atom is 0.0321 e. The van der Waals surface area contributed by atoms with Crippen LogP contribution in [0.5, 0.6) is 0 Å². The normalized spacial score (nSPS) is 38.6. The highest BCUT2D eigenvalue weighted by Gasteiger charge is 2.44. The Hall–Kier alpha value is -0.720. The number of hydrogen-bond acceptors (Lipinski definition) is 1. The molecule has 0 bridgehead atoms. The van der Waals surface area contributed by atoms with E-state index < -0.39 is 0 Å². The van der Waals surface area contributed by atoms with E-state index >= 15 is 0 Å². The van der Waals surface area contributed by atoms with Gasteiger partial charge in [-0.05, 0) is 38.2 Å². The Morgan fingerprint density at radius 1 is 1.33 bits per heavy atom. The first kappa shape index (κ1) is 9.50. The molecule has 3 rings (SSSR count). The molecule has 0 aromatic carbocycles. The number of allylic oxidation sites excluding steroid dienone is 4. The van der Waals surface area contributed by atoms with Crippen molar-refractivity contribution in [3.63, 3.8) is 0 Å². The summed E-state index contributed by atoms with van der Waals surface area (Å²) in [5.41, 5.74) is 1.65. The van der Waals surface area contributed by atoms with E-state index in [2.05, 4.69) is 30.1 Å². The minimum Gasteiger partial charge on any atom is -0.372 e. The van der Waals surface area contributed by atoms with Crippen LogP contribution >= 0.6 is 0 Å². The van der Waals surface area contributed by atoms with Crippen molar-refractivity contribution >= 4 is 0 Å². The van der Waals surface area contributed by atoms with Crippen LogP contribution in [-0.4, -0.2) is 17.5 Å². The van der Waals surface area contributed by atoms with Crippen molar-refractivity contribution in [3.8, 4) is 0 Å². The topological polar surface area (TPSA) is 3.24 Å². The summed E-state index contributed by atoms with van der Waals surface area (Å²) < 4.78 is 0. The Morgan fingerprint density at radius 2 is 2.20 bits per heavy atom. The van der Waals surface area contributed by atoms with Crippen molar-refractivity contribution in [1.29, 1.82) is 0 Å². The smallest absolute Gasteiger partial charge is 0.0321 e. The molecule has 0 aromatic rings. The Labute approximate surface area is 92.8 Å². The van der Waals surface area contributed by atoms with Crippen molar-refractivity contribution in [1.82, 2.24) is 4.90 Å². The van der Waals surface area contributed by atoms with Gasteiger partial charge in [-0.3, -0.25) is 0 Å². The molecule has 0 amide bonds. The fourth-order valence-electron chi connectivity index (χ4n) is 3.94. The van der Waals surface area contributed by atoms with Crippen LogP contribution in [0.15, 0.2) is 23.9 Å². The number of fused-ring (bicyclic) bond motifs is 3. The number of nitrogens with zero attached hydrogens (tertiary/aromatic N) is 1.